The van der Waals surface area contributed by atoms with Crippen molar-refractivity contribution < 1.29 is 0 Å². The number of aryl methyl sites for hydroxylation is 5. The first-order valence-corrected chi connectivity index (χ1v) is 18.3. The highest BCUT2D eigenvalue weighted by Crippen LogP contribution is 2.23. The lowest BCUT2D eigenvalue weighted by atomic mass is 10.0. The smallest absolute Gasteiger partial charge is 0.0175 e. The summed E-state index contributed by atoms with van der Waals surface area (Å²) in [6.45, 7) is 34.6. The SMILES string of the molecule is CC.CC.CC.CC.CC.CC.Cc1ccc(C)cc1.Cc1ccc2cc(C)ccc2c1.Cc1ccc2cc3ccccc3cc2c1. The summed E-state index contributed by atoms with van der Waals surface area (Å²) in [6, 6.07) is 41.2. The summed E-state index contributed by atoms with van der Waals surface area (Å²) in [7, 11) is 0. The second kappa shape index (κ2) is 30.7. The van der Waals surface area contributed by atoms with Gasteiger partial charge < -0.3 is 0 Å². The highest BCUT2D eigenvalue weighted by molar-refractivity contribution is 5.98. The van der Waals surface area contributed by atoms with Crippen molar-refractivity contribution in [2.24, 2.45) is 0 Å². The minimum atomic E-state index is 1.31. The molecule has 0 amide bonds. The van der Waals surface area contributed by atoms with Crippen LogP contribution in [0.2, 0.25) is 0 Å². The van der Waals surface area contributed by atoms with Crippen molar-refractivity contribution >= 4 is 32.3 Å². The molecule has 0 saturated carbocycles. The van der Waals surface area contributed by atoms with E-state index in [1.54, 1.807) is 0 Å². The fourth-order valence-corrected chi connectivity index (χ4v) is 4.18. The largest absolute Gasteiger partial charge is 0.0683 e. The lowest BCUT2D eigenvalue weighted by Crippen LogP contribution is -1.77. The highest BCUT2D eigenvalue weighted by atomic mass is 14.0. The zero-order valence-electron chi connectivity index (χ0n) is 33.5. The number of benzene rings is 6. The van der Waals surface area contributed by atoms with E-state index in [0.717, 1.165) is 0 Å². The van der Waals surface area contributed by atoms with Gasteiger partial charge in [0.25, 0.3) is 0 Å². The third-order valence-corrected chi connectivity index (χ3v) is 6.23. The van der Waals surface area contributed by atoms with Gasteiger partial charge in [-0.25, -0.2) is 0 Å². The van der Waals surface area contributed by atoms with E-state index in [1.807, 2.05) is 83.1 Å². The minimum absolute atomic E-state index is 1.31. The molecular weight excluding hydrogens is 565 g/mol. The zero-order valence-corrected chi connectivity index (χ0v) is 33.5. The first kappa shape index (κ1) is 47.5. The van der Waals surface area contributed by atoms with Crippen LogP contribution in [-0.4, -0.2) is 0 Å². The van der Waals surface area contributed by atoms with Gasteiger partial charge in [0.15, 0.2) is 0 Å². The molecule has 47 heavy (non-hydrogen) atoms. The van der Waals surface area contributed by atoms with Crippen LogP contribution < -0.4 is 0 Å². The molecule has 0 spiro atoms. The number of rotatable bonds is 0. The molecule has 0 aliphatic heterocycles. The molecule has 6 aromatic carbocycles. The van der Waals surface area contributed by atoms with Crippen LogP contribution in [0, 0.1) is 34.6 Å². The van der Waals surface area contributed by atoms with Crippen LogP contribution in [0.25, 0.3) is 32.3 Å². The topological polar surface area (TPSA) is 0 Å². The van der Waals surface area contributed by atoms with E-state index in [0.29, 0.717) is 0 Å². The maximum Gasteiger partial charge on any atom is -0.0175 e. The highest BCUT2D eigenvalue weighted by Gasteiger charge is 1.97. The number of hydrogen-bond acceptors (Lipinski definition) is 0. The second-order valence-corrected chi connectivity index (χ2v) is 9.56. The predicted molar refractivity (Wildman–Crippen MR) is 224 cm³/mol. The Hall–Kier alpha value is -3.90. The van der Waals surface area contributed by atoms with E-state index in [2.05, 4.69) is 150 Å². The van der Waals surface area contributed by atoms with Crippen molar-refractivity contribution in [3.05, 3.63) is 143 Å². The molecule has 0 fully saturated rings. The molecule has 0 unspecified atom stereocenters. The Morgan fingerprint density at radius 3 is 0.745 bits per heavy atom. The van der Waals surface area contributed by atoms with Crippen LogP contribution in [0.4, 0.5) is 0 Å². The molecule has 0 heteroatoms. The summed E-state index contributed by atoms with van der Waals surface area (Å²) in [5.74, 6) is 0. The van der Waals surface area contributed by atoms with Gasteiger partial charge in [0.2, 0.25) is 0 Å². The van der Waals surface area contributed by atoms with Gasteiger partial charge >= 0.3 is 0 Å². The number of hydrogen-bond donors (Lipinski definition) is 0. The van der Waals surface area contributed by atoms with E-state index in [1.165, 1.54) is 60.1 Å². The van der Waals surface area contributed by atoms with Gasteiger partial charge in [0.1, 0.15) is 0 Å². The van der Waals surface area contributed by atoms with Crippen molar-refractivity contribution in [3.63, 3.8) is 0 Å². The van der Waals surface area contributed by atoms with Crippen molar-refractivity contribution in [2.75, 3.05) is 0 Å². The fraction of sp³-hybridized carbons (Fsp3) is 0.362. The molecule has 0 nitrogen and oxygen atoms in total. The van der Waals surface area contributed by atoms with Crippen molar-refractivity contribution in [1.29, 1.82) is 0 Å². The minimum Gasteiger partial charge on any atom is -0.0683 e. The molecule has 0 aliphatic rings. The molecule has 0 radical (unpaired) electrons. The molecule has 0 aliphatic carbocycles. The third kappa shape index (κ3) is 18.7. The van der Waals surface area contributed by atoms with E-state index >= 15 is 0 Å². The molecule has 258 valence electrons. The van der Waals surface area contributed by atoms with E-state index < -0.39 is 0 Å². The Balaban J connectivity index is -0.000000546. The standard InChI is InChI=1S/C15H12.C12H12.C8H10.6C2H6/c1-11-6-7-14-9-12-4-2-3-5-13(12)10-15(14)8-11;1-9-3-5-12-8-10(2)4-6-11(12)7-9;1-7-3-5-8(2)6-4-7;6*1-2/h2-10H,1H3;3-8H,1-2H3;3-6H,1-2H3;6*1-2H3. The van der Waals surface area contributed by atoms with Gasteiger partial charge in [-0.1, -0.05) is 214 Å². The lowest BCUT2D eigenvalue weighted by molar-refractivity contribution is 1.40. The van der Waals surface area contributed by atoms with Gasteiger partial charge in [-0.05, 0) is 79.1 Å². The van der Waals surface area contributed by atoms with E-state index in [4.69, 9.17) is 0 Å². The van der Waals surface area contributed by atoms with E-state index in [-0.39, 0.29) is 0 Å². The average Bonchev–Trinajstić information content (AvgIpc) is 3.14. The quantitative estimate of drug-likeness (QED) is 0.146. The molecular formula is C47H70. The fourth-order valence-electron chi connectivity index (χ4n) is 4.18. The first-order valence-electron chi connectivity index (χ1n) is 18.3. The van der Waals surface area contributed by atoms with Crippen LogP contribution in [0.5, 0.6) is 0 Å². The Morgan fingerprint density at radius 1 is 0.213 bits per heavy atom. The van der Waals surface area contributed by atoms with Gasteiger partial charge in [-0.3, -0.25) is 0 Å². The average molecular weight is 635 g/mol. The maximum atomic E-state index is 2.26. The molecule has 6 aromatic rings. The van der Waals surface area contributed by atoms with Gasteiger partial charge in [-0.15, -0.1) is 0 Å². The zero-order chi connectivity index (χ0) is 36.8. The number of fused-ring (bicyclic) bond motifs is 3. The lowest BCUT2D eigenvalue weighted by Gasteiger charge is -2.02. The third-order valence-electron chi connectivity index (χ3n) is 6.23. The van der Waals surface area contributed by atoms with E-state index in [9.17, 15) is 0 Å². The maximum absolute atomic E-state index is 2.26. The molecule has 0 saturated heterocycles. The predicted octanol–water partition coefficient (Wildman–Crippen LogP) is 16.2. The summed E-state index contributed by atoms with van der Waals surface area (Å²) in [5, 5.41) is 7.94. The molecule has 6 rings (SSSR count). The summed E-state index contributed by atoms with van der Waals surface area (Å²) in [5.41, 5.74) is 6.63. The monoisotopic (exact) mass is 635 g/mol. The molecule has 0 bridgehead atoms. The van der Waals surface area contributed by atoms with Gasteiger partial charge in [0, 0.05) is 0 Å². The summed E-state index contributed by atoms with van der Waals surface area (Å²) >= 11 is 0. The van der Waals surface area contributed by atoms with Crippen LogP contribution in [0.1, 0.15) is 111 Å². The second-order valence-electron chi connectivity index (χ2n) is 9.56. The summed E-state index contributed by atoms with van der Waals surface area (Å²) in [4.78, 5) is 0. The van der Waals surface area contributed by atoms with Crippen LogP contribution >= 0.6 is 0 Å². The molecule has 0 atom stereocenters. The van der Waals surface area contributed by atoms with Crippen LogP contribution in [0.15, 0.2) is 115 Å². The Labute approximate surface area is 292 Å². The Bertz CT molecular complexity index is 1510. The Kier molecular flexibility index (Phi) is 31.1. The molecule has 0 aromatic heterocycles. The van der Waals surface area contributed by atoms with Crippen molar-refractivity contribution in [3.8, 4) is 0 Å². The molecule has 0 heterocycles. The van der Waals surface area contributed by atoms with Gasteiger partial charge in [0.05, 0.1) is 0 Å². The van der Waals surface area contributed by atoms with Crippen molar-refractivity contribution in [2.45, 2.75) is 118 Å². The Morgan fingerprint density at radius 2 is 0.426 bits per heavy atom. The van der Waals surface area contributed by atoms with Crippen LogP contribution in [0.3, 0.4) is 0 Å². The van der Waals surface area contributed by atoms with Crippen molar-refractivity contribution in [1.82, 2.24) is 0 Å². The van der Waals surface area contributed by atoms with Crippen LogP contribution in [-0.2, 0) is 0 Å². The summed E-state index contributed by atoms with van der Waals surface area (Å²) < 4.78 is 0. The summed E-state index contributed by atoms with van der Waals surface area (Å²) in [6.07, 6.45) is 0. The van der Waals surface area contributed by atoms with Gasteiger partial charge in [-0.2, -0.15) is 0 Å². The normalized spacial score (nSPS) is 8.53. The first-order chi connectivity index (χ1) is 22.9. The molecule has 0 N–H and O–H groups in total.